The molecule has 2 aromatic carbocycles. The number of hydrogen-bond acceptors (Lipinski definition) is 3. The Hall–Kier alpha value is -1.39. The maximum absolute atomic E-state index is 11.4. The van der Waals surface area contributed by atoms with E-state index in [1.54, 1.807) is 0 Å². The molecule has 23 heavy (non-hydrogen) atoms. The molecule has 0 aliphatic carbocycles. The van der Waals surface area contributed by atoms with E-state index in [1.807, 2.05) is 61.2 Å². The van der Waals surface area contributed by atoms with Crippen LogP contribution in [0.25, 0.3) is 0 Å². The van der Waals surface area contributed by atoms with Gasteiger partial charge in [0.25, 0.3) is 0 Å². The molecule has 0 heterocycles. The normalized spacial score (nSPS) is 12.0. The molecule has 0 fully saturated rings. The Morgan fingerprint density at radius 2 is 1.70 bits per heavy atom. The van der Waals surface area contributed by atoms with Crippen molar-refractivity contribution < 1.29 is 9.90 Å². The standard InChI is InChI=1S/C19H22O2S2/c1-15-10-12-17(13-11-15)23-18(19(20)21)9-5-6-14-22-16-7-3-2-4-8-16/h2-4,7-8,10-13,18H,5-6,9,14H2,1H3,(H,20,21). The minimum atomic E-state index is -0.716. The van der Waals surface area contributed by atoms with Crippen molar-refractivity contribution in [2.24, 2.45) is 0 Å². The topological polar surface area (TPSA) is 37.3 Å². The monoisotopic (exact) mass is 346 g/mol. The van der Waals surface area contributed by atoms with Crippen molar-refractivity contribution in [2.45, 2.75) is 41.2 Å². The second-order valence-corrected chi connectivity index (χ2v) is 7.86. The smallest absolute Gasteiger partial charge is 0.316 e. The first kappa shape index (κ1) is 18.0. The number of unbranched alkanes of at least 4 members (excludes halogenated alkanes) is 1. The van der Waals surface area contributed by atoms with E-state index in [0.717, 1.165) is 23.5 Å². The van der Waals surface area contributed by atoms with Crippen LogP contribution in [0.15, 0.2) is 64.4 Å². The van der Waals surface area contributed by atoms with Crippen LogP contribution in [0.3, 0.4) is 0 Å². The Balaban J connectivity index is 1.72. The average Bonchev–Trinajstić information content (AvgIpc) is 2.56. The summed E-state index contributed by atoms with van der Waals surface area (Å²) in [4.78, 5) is 13.7. The summed E-state index contributed by atoms with van der Waals surface area (Å²) >= 11 is 3.29. The first-order valence-corrected chi connectivity index (χ1v) is 9.65. The lowest BCUT2D eigenvalue weighted by molar-refractivity contribution is -0.136. The lowest BCUT2D eigenvalue weighted by Crippen LogP contribution is -2.16. The van der Waals surface area contributed by atoms with E-state index in [1.165, 1.54) is 22.2 Å². The molecule has 0 aromatic heterocycles. The van der Waals surface area contributed by atoms with Crippen LogP contribution in [0, 0.1) is 6.92 Å². The number of aliphatic carboxylic acids is 1. The van der Waals surface area contributed by atoms with E-state index < -0.39 is 5.97 Å². The van der Waals surface area contributed by atoms with Crippen LogP contribution in [0.5, 0.6) is 0 Å². The molecular weight excluding hydrogens is 324 g/mol. The second-order valence-electron chi connectivity index (χ2n) is 5.42. The Morgan fingerprint density at radius 1 is 1.00 bits per heavy atom. The fraction of sp³-hybridized carbons (Fsp3) is 0.316. The zero-order chi connectivity index (χ0) is 16.5. The van der Waals surface area contributed by atoms with E-state index in [0.29, 0.717) is 6.42 Å². The minimum Gasteiger partial charge on any atom is -0.480 e. The molecule has 0 aliphatic heterocycles. The van der Waals surface area contributed by atoms with Gasteiger partial charge in [-0.15, -0.1) is 23.5 Å². The maximum Gasteiger partial charge on any atom is 0.316 e. The Morgan fingerprint density at radius 3 is 2.35 bits per heavy atom. The number of carbonyl (C=O) groups is 1. The highest BCUT2D eigenvalue weighted by molar-refractivity contribution is 8.00. The van der Waals surface area contributed by atoms with Gasteiger partial charge in [-0.3, -0.25) is 4.79 Å². The molecule has 1 N–H and O–H groups in total. The number of carboxylic acids is 1. The molecule has 0 aliphatic rings. The van der Waals surface area contributed by atoms with Crippen molar-refractivity contribution in [1.29, 1.82) is 0 Å². The Bertz CT molecular complexity index is 597. The van der Waals surface area contributed by atoms with Gasteiger partial charge in [-0.25, -0.2) is 0 Å². The van der Waals surface area contributed by atoms with Gasteiger partial charge in [-0.2, -0.15) is 0 Å². The number of benzene rings is 2. The average molecular weight is 347 g/mol. The minimum absolute atomic E-state index is 0.362. The zero-order valence-electron chi connectivity index (χ0n) is 13.3. The summed E-state index contributed by atoms with van der Waals surface area (Å²) in [6, 6.07) is 18.4. The van der Waals surface area contributed by atoms with Gasteiger partial charge in [0, 0.05) is 9.79 Å². The molecule has 2 aromatic rings. The van der Waals surface area contributed by atoms with Gasteiger partial charge in [-0.05, 0) is 49.8 Å². The summed E-state index contributed by atoms with van der Waals surface area (Å²) in [5.74, 6) is 0.317. The summed E-state index contributed by atoms with van der Waals surface area (Å²) in [5.41, 5.74) is 1.19. The summed E-state index contributed by atoms with van der Waals surface area (Å²) in [6.45, 7) is 2.04. The number of hydrogen-bond donors (Lipinski definition) is 1. The van der Waals surface area contributed by atoms with E-state index in [4.69, 9.17) is 0 Å². The van der Waals surface area contributed by atoms with E-state index in [-0.39, 0.29) is 5.25 Å². The van der Waals surface area contributed by atoms with E-state index >= 15 is 0 Å². The molecule has 0 bridgehead atoms. The zero-order valence-corrected chi connectivity index (χ0v) is 14.9. The van der Waals surface area contributed by atoms with Crippen molar-refractivity contribution in [3.05, 3.63) is 60.2 Å². The first-order chi connectivity index (χ1) is 11.1. The first-order valence-electron chi connectivity index (χ1n) is 7.79. The molecule has 0 spiro atoms. The number of carboxylic acid groups (broad SMARTS) is 1. The van der Waals surface area contributed by atoms with Crippen molar-refractivity contribution in [2.75, 3.05) is 5.75 Å². The van der Waals surface area contributed by atoms with E-state index in [2.05, 4.69) is 12.1 Å². The number of thioether (sulfide) groups is 2. The third-order valence-corrected chi connectivity index (χ3v) is 5.81. The molecule has 2 nitrogen and oxygen atoms in total. The lowest BCUT2D eigenvalue weighted by atomic mass is 10.2. The van der Waals surface area contributed by atoms with Crippen molar-refractivity contribution in [3.8, 4) is 0 Å². The van der Waals surface area contributed by atoms with Crippen LogP contribution in [-0.2, 0) is 4.79 Å². The molecule has 0 saturated carbocycles. The Kier molecular flexibility index (Phi) is 7.56. The summed E-state index contributed by atoms with van der Waals surface area (Å²) in [6.07, 6.45) is 2.69. The molecular formula is C19H22O2S2. The van der Waals surface area contributed by atoms with Crippen molar-refractivity contribution in [3.63, 3.8) is 0 Å². The fourth-order valence-corrected chi connectivity index (χ4v) is 4.09. The van der Waals surface area contributed by atoms with Crippen molar-refractivity contribution in [1.82, 2.24) is 0 Å². The summed E-state index contributed by atoms with van der Waals surface area (Å²) < 4.78 is 0. The van der Waals surface area contributed by atoms with Gasteiger partial charge in [0.1, 0.15) is 5.25 Å². The molecule has 0 amide bonds. The summed E-state index contributed by atoms with van der Waals surface area (Å²) in [7, 11) is 0. The van der Waals surface area contributed by atoms with Gasteiger partial charge < -0.3 is 5.11 Å². The predicted molar refractivity (Wildman–Crippen MR) is 99.5 cm³/mol. The molecule has 0 radical (unpaired) electrons. The summed E-state index contributed by atoms with van der Waals surface area (Å²) in [5, 5.41) is 9.04. The highest BCUT2D eigenvalue weighted by Crippen LogP contribution is 2.28. The molecule has 2 rings (SSSR count). The quantitative estimate of drug-likeness (QED) is 0.480. The van der Waals surface area contributed by atoms with Crippen LogP contribution in [0.2, 0.25) is 0 Å². The van der Waals surface area contributed by atoms with Gasteiger partial charge in [0.15, 0.2) is 0 Å². The Labute approximate surface area is 146 Å². The largest absolute Gasteiger partial charge is 0.480 e. The van der Waals surface area contributed by atoms with Crippen LogP contribution >= 0.6 is 23.5 Å². The van der Waals surface area contributed by atoms with E-state index in [9.17, 15) is 9.90 Å². The van der Waals surface area contributed by atoms with Crippen LogP contribution in [0.4, 0.5) is 0 Å². The lowest BCUT2D eigenvalue weighted by Gasteiger charge is -2.12. The predicted octanol–water partition coefficient (Wildman–Crippen LogP) is 5.50. The molecule has 1 unspecified atom stereocenters. The van der Waals surface area contributed by atoms with Gasteiger partial charge >= 0.3 is 5.97 Å². The third-order valence-electron chi connectivity index (χ3n) is 3.45. The van der Waals surface area contributed by atoms with Gasteiger partial charge in [-0.1, -0.05) is 42.3 Å². The van der Waals surface area contributed by atoms with Crippen LogP contribution in [-0.4, -0.2) is 22.1 Å². The second kappa shape index (κ2) is 9.68. The molecule has 0 saturated heterocycles. The highest BCUT2D eigenvalue weighted by atomic mass is 32.2. The van der Waals surface area contributed by atoms with Gasteiger partial charge in [0.05, 0.1) is 0 Å². The van der Waals surface area contributed by atoms with Crippen LogP contribution < -0.4 is 0 Å². The molecule has 4 heteroatoms. The number of aryl methyl sites for hydroxylation is 1. The number of rotatable bonds is 9. The maximum atomic E-state index is 11.4. The van der Waals surface area contributed by atoms with Gasteiger partial charge in [0.2, 0.25) is 0 Å². The van der Waals surface area contributed by atoms with Crippen molar-refractivity contribution >= 4 is 29.5 Å². The SMILES string of the molecule is Cc1ccc(SC(CCCCSc2ccccc2)C(=O)O)cc1. The molecule has 122 valence electrons. The fourth-order valence-electron chi connectivity index (χ4n) is 2.15. The third kappa shape index (κ3) is 6.71. The molecule has 1 atom stereocenters. The van der Waals surface area contributed by atoms with Crippen LogP contribution in [0.1, 0.15) is 24.8 Å². The highest BCUT2D eigenvalue weighted by Gasteiger charge is 2.18.